The number of para-hydroxylation sites is 1. The third-order valence-electron chi connectivity index (χ3n) is 2.92. The van der Waals surface area contributed by atoms with Crippen LogP contribution in [0.3, 0.4) is 0 Å². The molecule has 0 radical (unpaired) electrons. The van der Waals surface area contributed by atoms with E-state index in [0.29, 0.717) is 29.4 Å². The molecule has 108 valence electrons. The first-order valence-corrected chi connectivity index (χ1v) is 7.01. The van der Waals surface area contributed by atoms with E-state index in [1.54, 1.807) is 19.2 Å². The summed E-state index contributed by atoms with van der Waals surface area (Å²) >= 11 is 3.44. The van der Waals surface area contributed by atoms with Crippen LogP contribution in [0.25, 0.3) is 0 Å². The van der Waals surface area contributed by atoms with Crippen LogP contribution in [0.1, 0.15) is 11.1 Å². The fraction of sp³-hybridized carbons (Fsp3) is 0.188. The molecule has 0 fully saturated rings. The predicted octanol–water partition coefficient (Wildman–Crippen LogP) is 3.92. The van der Waals surface area contributed by atoms with Crippen LogP contribution in [0.4, 0.5) is 0 Å². The zero-order chi connectivity index (χ0) is 15.2. The smallest absolute Gasteiger partial charge is 0.175 e. The monoisotopic (exact) mass is 347 g/mol. The van der Waals surface area contributed by atoms with Crippen LogP contribution in [0, 0.1) is 11.3 Å². The Balaban J connectivity index is 2.19. The summed E-state index contributed by atoms with van der Waals surface area (Å²) in [5, 5.41) is 8.97. The highest BCUT2D eigenvalue weighted by molar-refractivity contribution is 9.10. The van der Waals surface area contributed by atoms with Crippen molar-refractivity contribution >= 4 is 15.9 Å². The molecule has 0 amide bonds. The van der Waals surface area contributed by atoms with Crippen molar-refractivity contribution in [2.75, 3.05) is 14.2 Å². The van der Waals surface area contributed by atoms with Crippen LogP contribution in [0.2, 0.25) is 0 Å². The Hall–Kier alpha value is -2.19. The van der Waals surface area contributed by atoms with Crippen molar-refractivity contribution in [1.29, 1.82) is 5.26 Å². The third-order valence-corrected chi connectivity index (χ3v) is 3.54. The number of methoxy groups -OCH3 is 2. The molecular formula is C16H14BrNO3. The van der Waals surface area contributed by atoms with Crippen molar-refractivity contribution in [2.24, 2.45) is 0 Å². The average molecular weight is 348 g/mol. The Kier molecular flexibility index (Phi) is 5.07. The van der Waals surface area contributed by atoms with Gasteiger partial charge in [0, 0.05) is 0 Å². The van der Waals surface area contributed by atoms with Crippen molar-refractivity contribution < 1.29 is 14.2 Å². The van der Waals surface area contributed by atoms with E-state index in [0.717, 1.165) is 10.0 Å². The Labute approximate surface area is 132 Å². The Morgan fingerprint density at radius 2 is 1.86 bits per heavy atom. The highest BCUT2D eigenvalue weighted by Gasteiger charge is 2.10. The summed E-state index contributed by atoms with van der Waals surface area (Å²) in [6.45, 7) is 0.348. The maximum atomic E-state index is 8.97. The van der Waals surface area contributed by atoms with Gasteiger partial charge in [-0.2, -0.15) is 5.26 Å². The van der Waals surface area contributed by atoms with Crippen molar-refractivity contribution in [3.63, 3.8) is 0 Å². The molecule has 0 unspecified atom stereocenters. The number of benzene rings is 2. The van der Waals surface area contributed by atoms with Crippen LogP contribution in [-0.2, 0) is 6.61 Å². The maximum Gasteiger partial charge on any atom is 0.175 e. The summed E-state index contributed by atoms with van der Waals surface area (Å²) < 4.78 is 17.1. The summed E-state index contributed by atoms with van der Waals surface area (Å²) in [6.07, 6.45) is 0. The molecule has 0 spiro atoms. The molecule has 0 aliphatic carbocycles. The van der Waals surface area contributed by atoms with Gasteiger partial charge in [0.2, 0.25) is 0 Å². The van der Waals surface area contributed by atoms with Gasteiger partial charge >= 0.3 is 0 Å². The molecule has 21 heavy (non-hydrogen) atoms. The van der Waals surface area contributed by atoms with Crippen molar-refractivity contribution in [1.82, 2.24) is 0 Å². The van der Waals surface area contributed by atoms with Gasteiger partial charge in [0.1, 0.15) is 18.4 Å². The predicted molar refractivity (Wildman–Crippen MR) is 82.7 cm³/mol. The standard InChI is InChI=1S/C16H14BrNO3/c1-19-14-5-3-4-13(17)16(14)21-10-11-6-7-12(9-18)15(8-11)20-2/h3-8H,10H2,1-2H3. The fourth-order valence-corrected chi connectivity index (χ4v) is 2.33. The van der Waals surface area contributed by atoms with Gasteiger partial charge in [-0.1, -0.05) is 12.1 Å². The minimum absolute atomic E-state index is 0.348. The van der Waals surface area contributed by atoms with Crippen LogP contribution < -0.4 is 14.2 Å². The summed E-state index contributed by atoms with van der Waals surface area (Å²) in [5.41, 5.74) is 1.41. The average Bonchev–Trinajstić information content (AvgIpc) is 2.53. The zero-order valence-electron chi connectivity index (χ0n) is 11.7. The van der Waals surface area contributed by atoms with Gasteiger partial charge in [0.15, 0.2) is 11.5 Å². The molecule has 0 heterocycles. The molecule has 0 aliphatic heterocycles. The number of hydrogen-bond donors (Lipinski definition) is 0. The second-order valence-electron chi connectivity index (χ2n) is 4.21. The van der Waals surface area contributed by atoms with Gasteiger partial charge in [-0.3, -0.25) is 0 Å². The minimum atomic E-state index is 0.348. The van der Waals surface area contributed by atoms with Crippen molar-refractivity contribution in [3.8, 4) is 23.3 Å². The van der Waals surface area contributed by atoms with Crippen LogP contribution in [0.15, 0.2) is 40.9 Å². The van der Waals surface area contributed by atoms with Crippen molar-refractivity contribution in [2.45, 2.75) is 6.61 Å². The van der Waals surface area contributed by atoms with E-state index in [4.69, 9.17) is 19.5 Å². The molecule has 0 aliphatic rings. The summed E-state index contributed by atoms with van der Waals surface area (Å²) in [7, 11) is 3.14. The zero-order valence-corrected chi connectivity index (χ0v) is 13.3. The molecule has 0 aromatic heterocycles. The summed E-state index contributed by atoms with van der Waals surface area (Å²) in [4.78, 5) is 0. The Morgan fingerprint density at radius 1 is 1.10 bits per heavy atom. The number of nitrogens with zero attached hydrogens (tertiary/aromatic N) is 1. The van der Waals surface area contributed by atoms with Gasteiger partial charge in [0.25, 0.3) is 0 Å². The maximum absolute atomic E-state index is 8.97. The molecule has 2 rings (SSSR count). The first-order chi connectivity index (χ1) is 10.2. The normalized spacial score (nSPS) is 9.81. The fourth-order valence-electron chi connectivity index (χ4n) is 1.86. The van der Waals surface area contributed by atoms with Crippen LogP contribution in [-0.4, -0.2) is 14.2 Å². The number of hydrogen-bond acceptors (Lipinski definition) is 4. The lowest BCUT2D eigenvalue weighted by molar-refractivity contribution is 0.282. The molecule has 5 heteroatoms. The van der Waals surface area contributed by atoms with Gasteiger partial charge in [0.05, 0.1) is 24.3 Å². The first-order valence-electron chi connectivity index (χ1n) is 6.22. The lowest BCUT2D eigenvalue weighted by Crippen LogP contribution is -1.99. The van der Waals surface area contributed by atoms with Gasteiger partial charge in [-0.05, 0) is 45.8 Å². The van der Waals surface area contributed by atoms with E-state index in [9.17, 15) is 0 Å². The molecule has 0 saturated carbocycles. The van der Waals surface area contributed by atoms with Gasteiger partial charge < -0.3 is 14.2 Å². The second-order valence-corrected chi connectivity index (χ2v) is 5.06. The molecular weight excluding hydrogens is 334 g/mol. The molecule has 2 aromatic rings. The summed E-state index contributed by atoms with van der Waals surface area (Å²) in [5.74, 6) is 1.84. The van der Waals surface area contributed by atoms with Gasteiger partial charge in [-0.15, -0.1) is 0 Å². The SMILES string of the molecule is COc1cc(COc2c(Br)cccc2OC)ccc1C#N. The lowest BCUT2D eigenvalue weighted by Gasteiger charge is -2.13. The highest BCUT2D eigenvalue weighted by Crippen LogP contribution is 2.35. The largest absolute Gasteiger partial charge is 0.495 e. The topological polar surface area (TPSA) is 51.5 Å². The van der Waals surface area contributed by atoms with Crippen LogP contribution >= 0.6 is 15.9 Å². The minimum Gasteiger partial charge on any atom is -0.495 e. The van der Waals surface area contributed by atoms with E-state index in [-0.39, 0.29) is 0 Å². The highest BCUT2D eigenvalue weighted by atomic mass is 79.9. The van der Waals surface area contributed by atoms with E-state index >= 15 is 0 Å². The first kappa shape index (κ1) is 15.2. The number of nitriles is 1. The number of rotatable bonds is 5. The third kappa shape index (κ3) is 3.47. The Morgan fingerprint density at radius 3 is 2.52 bits per heavy atom. The quantitative estimate of drug-likeness (QED) is 0.822. The number of halogens is 1. The number of ether oxygens (including phenoxy) is 3. The molecule has 0 saturated heterocycles. The Bertz CT molecular complexity index is 680. The van der Waals surface area contributed by atoms with Gasteiger partial charge in [-0.25, -0.2) is 0 Å². The summed E-state index contributed by atoms with van der Waals surface area (Å²) in [6, 6.07) is 13.0. The van der Waals surface area contributed by atoms with E-state index in [2.05, 4.69) is 22.0 Å². The van der Waals surface area contributed by atoms with E-state index in [1.165, 1.54) is 7.11 Å². The van der Waals surface area contributed by atoms with Crippen molar-refractivity contribution in [3.05, 3.63) is 52.0 Å². The van der Waals surface area contributed by atoms with E-state index in [1.807, 2.05) is 24.3 Å². The molecule has 0 atom stereocenters. The molecule has 0 bridgehead atoms. The van der Waals surface area contributed by atoms with Crippen LogP contribution in [0.5, 0.6) is 17.2 Å². The molecule has 2 aromatic carbocycles. The molecule has 4 nitrogen and oxygen atoms in total. The lowest BCUT2D eigenvalue weighted by atomic mass is 10.1. The van der Waals surface area contributed by atoms with E-state index < -0.39 is 0 Å². The molecule has 0 N–H and O–H groups in total. The second kappa shape index (κ2) is 7.00.